The molecule has 37 heavy (non-hydrogen) atoms. The Balaban J connectivity index is 0.0000130. The van der Waals surface area contributed by atoms with E-state index < -0.39 is 18.1 Å². The highest BCUT2D eigenvalue weighted by molar-refractivity contribution is 5.85. The molecule has 0 aliphatic heterocycles. The van der Waals surface area contributed by atoms with Gasteiger partial charge in [0, 0.05) is 19.9 Å². The molecule has 1 aromatic carbocycles. The SMILES string of the molecule is C=CCOc1ccc(C[C@H](NC(=O)[NH2+]CCCCCC(=O)N[C@@H](CC=C)C(=O)OC)C(=O)NC)cc1.[Cl-]. The van der Waals surface area contributed by atoms with E-state index >= 15 is 0 Å². The standard InChI is InChI=1S/C26H38N4O6.ClH/c1-5-10-21(25(33)35-4)29-23(31)11-8-7-9-16-28-26(34)30-22(24(32)27-3)18-19-12-14-20(15-13-19)36-17-6-2;/h5-6,12-15,21-22H,1-2,7-11,16-18H2,3-4H3,(H,27,32)(H,29,31)(H2,28,30,34);1H/t21-,22-;/m0./s1. The second kappa shape index (κ2) is 19.8. The van der Waals surface area contributed by atoms with Crippen LogP contribution in [0.25, 0.3) is 0 Å². The molecule has 0 saturated heterocycles. The van der Waals surface area contributed by atoms with Gasteiger partial charge in [-0.15, -0.1) is 6.58 Å². The number of quaternary nitrogens is 1. The fourth-order valence-electron chi connectivity index (χ4n) is 3.36. The van der Waals surface area contributed by atoms with Gasteiger partial charge < -0.3 is 32.5 Å². The Morgan fingerprint density at radius 2 is 1.70 bits per heavy atom. The summed E-state index contributed by atoms with van der Waals surface area (Å²) >= 11 is 0. The Morgan fingerprint density at radius 3 is 2.30 bits per heavy atom. The van der Waals surface area contributed by atoms with Crippen LogP contribution in [0.4, 0.5) is 4.79 Å². The van der Waals surface area contributed by atoms with E-state index in [0.717, 1.165) is 12.0 Å². The molecule has 0 unspecified atom stereocenters. The van der Waals surface area contributed by atoms with Gasteiger partial charge in [-0.3, -0.25) is 20.2 Å². The molecule has 5 N–H and O–H groups in total. The molecule has 0 spiro atoms. The zero-order chi connectivity index (χ0) is 26.8. The van der Waals surface area contributed by atoms with Crippen LogP contribution in [0.5, 0.6) is 5.75 Å². The number of unbranched alkanes of at least 4 members (excludes halogenated alkanes) is 2. The van der Waals surface area contributed by atoms with Crippen molar-refractivity contribution in [3.8, 4) is 5.75 Å². The molecule has 1 aromatic rings. The molecule has 0 aliphatic carbocycles. The average Bonchev–Trinajstić information content (AvgIpc) is 2.88. The highest BCUT2D eigenvalue weighted by atomic mass is 35.5. The van der Waals surface area contributed by atoms with Crippen LogP contribution in [-0.4, -0.2) is 63.2 Å². The minimum absolute atomic E-state index is 0. The fourth-order valence-corrected chi connectivity index (χ4v) is 3.36. The molecular weight excluding hydrogens is 500 g/mol. The van der Waals surface area contributed by atoms with Crippen molar-refractivity contribution >= 4 is 23.8 Å². The maximum absolute atomic E-state index is 12.4. The number of nitrogens with two attached hydrogens (primary N) is 1. The number of amides is 4. The summed E-state index contributed by atoms with van der Waals surface area (Å²) < 4.78 is 10.1. The van der Waals surface area contributed by atoms with Crippen molar-refractivity contribution < 1.29 is 46.4 Å². The van der Waals surface area contributed by atoms with Crippen molar-refractivity contribution in [2.24, 2.45) is 0 Å². The summed E-state index contributed by atoms with van der Waals surface area (Å²) in [4.78, 5) is 48.3. The van der Waals surface area contributed by atoms with Crippen LogP contribution in [-0.2, 0) is 25.5 Å². The van der Waals surface area contributed by atoms with Gasteiger partial charge in [-0.2, -0.15) is 0 Å². The third-order valence-corrected chi connectivity index (χ3v) is 5.27. The van der Waals surface area contributed by atoms with Crippen LogP contribution in [0.3, 0.4) is 0 Å². The third-order valence-electron chi connectivity index (χ3n) is 5.27. The van der Waals surface area contributed by atoms with Crippen molar-refractivity contribution in [1.29, 1.82) is 0 Å². The first-order chi connectivity index (χ1) is 17.3. The predicted molar refractivity (Wildman–Crippen MR) is 136 cm³/mol. The highest BCUT2D eigenvalue weighted by Crippen LogP contribution is 2.13. The number of hydrogen-bond donors (Lipinski definition) is 4. The van der Waals surface area contributed by atoms with Gasteiger partial charge in [0.15, 0.2) is 0 Å². The Morgan fingerprint density at radius 1 is 1.00 bits per heavy atom. The van der Waals surface area contributed by atoms with Gasteiger partial charge in [0.05, 0.1) is 13.7 Å². The van der Waals surface area contributed by atoms with Gasteiger partial charge in [0.2, 0.25) is 11.8 Å². The van der Waals surface area contributed by atoms with Crippen LogP contribution >= 0.6 is 0 Å². The molecule has 11 heteroatoms. The Labute approximate surface area is 225 Å². The molecule has 4 amide bonds. The molecule has 0 aliphatic rings. The Bertz CT molecular complexity index is 878. The van der Waals surface area contributed by atoms with Crippen molar-refractivity contribution in [3.05, 3.63) is 55.1 Å². The monoisotopic (exact) mass is 538 g/mol. The molecule has 206 valence electrons. The number of hydrogen-bond acceptors (Lipinski definition) is 6. The molecular formula is C26H39ClN4O6. The van der Waals surface area contributed by atoms with E-state index in [1.54, 1.807) is 12.2 Å². The Kier molecular flexibility index (Phi) is 18.0. The van der Waals surface area contributed by atoms with E-state index in [1.807, 2.05) is 24.3 Å². The molecule has 0 fully saturated rings. The number of primary amides is 1. The zero-order valence-electron chi connectivity index (χ0n) is 21.6. The van der Waals surface area contributed by atoms with Gasteiger partial charge >= 0.3 is 12.0 Å². The first-order valence-electron chi connectivity index (χ1n) is 12.0. The van der Waals surface area contributed by atoms with Crippen LogP contribution in [0.15, 0.2) is 49.6 Å². The number of carbonyl (C=O) groups is 4. The minimum Gasteiger partial charge on any atom is -1.00 e. The summed E-state index contributed by atoms with van der Waals surface area (Å²) in [5.74, 6) is -0.322. The van der Waals surface area contributed by atoms with E-state index in [2.05, 4.69) is 33.8 Å². The number of halogens is 1. The summed E-state index contributed by atoms with van der Waals surface area (Å²) in [5, 5.41) is 9.49. The van der Waals surface area contributed by atoms with Gasteiger partial charge in [0.25, 0.3) is 0 Å². The van der Waals surface area contributed by atoms with E-state index in [-0.39, 0.29) is 36.7 Å². The maximum atomic E-state index is 12.4. The minimum atomic E-state index is -0.728. The lowest BCUT2D eigenvalue weighted by atomic mass is 10.1. The van der Waals surface area contributed by atoms with Crippen molar-refractivity contribution in [2.45, 2.75) is 50.6 Å². The van der Waals surface area contributed by atoms with E-state index in [4.69, 9.17) is 4.74 Å². The van der Waals surface area contributed by atoms with Crippen molar-refractivity contribution in [1.82, 2.24) is 16.0 Å². The number of benzene rings is 1. The van der Waals surface area contributed by atoms with Crippen LogP contribution in [0, 0.1) is 0 Å². The van der Waals surface area contributed by atoms with E-state index in [0.29, 0.717) is 44.6 Å². The van der Waals surface area contributed by atoms with Gasteiger partial charge in [0.1, 0.15) is 24.4 Å². The number of urea groups is 1. The zero-order valence-corrected chi connectivity index (χ0v) is 22.4. The Hall–Kier alpha value is -3.37. The topological polar surface area (TPSA) is 139 Å². The number of methoxy groups -OCH3 is 1. The van der Waals surface area contributed by atoms with Gasteiger partial charge in [-0.05, 0) is 43.4 Å². The summed E-state index contributed by atoms with van der Waals surface area (Å²) in [5.41, 5.74) is 0.885. The third kappa shape index (κ3) is 14.1. The van der Waals surface area contributed by atoms with E-state index in [9.17, 15) is 19.2 Å². The number of rotatable bonds is 17. The normalized spacial score (nSPS) is 11.6. The molecule has 1 rings (SSSR count). The molecule has 2 atom stereocenters. The lowest BCUT2D eigenvalue weighted by Gasteiger charge is -2.16. The van der Waals surface area contributed by atoms with E-state index in [1.165, 1.54) is 19.5 Å². The molecule has 0 heterocycles. The molecule has 0 radical (unpaired) electrons. The van der Waals surface area contributed by atoms with Crippen molar-refractivity contribution in [2.75, 3.05) is 27.3 Å². The number of esters is 1. The lowest BCUT2D eigenvalue weighted by molar-refractivity contribution is -0.557. The van der Waals surface area contributed by atoms with Crippen molar-refractivity contribution in [3.63, 3.8) is 0 Å². The number of likely N-dealkylation sites (N-methyl/N-ethyl adjacent to an activating group) is 1. The van der Waals surface area contributed by atoms with Crippen LogP contribution in [0.2, 0.25) is 0 Å². The predicted octanol–water partition coefficient (Wildman–Crippen LogP) is -2.02. The second-order valence-corrected chi connectivity index (χ2v) is 8.09. The first kappa shape index (κ1) is 33.6. The number of ether oxygens (including phenoxy) is 2. The lowest BCUT2D eigenvalue weighted by Crippen LogP contribution is -3.00. The summed E-state index contributed by atoms with van der Waals surface area (Å²) in [6.07, 6.45) is 6.19. The van der Waals surface area contributed by atoms with Gasteiger partial charge in [-0.1, -0.05) is 30.9 Å². The number of carbonyl (C=O) groups excluding carboxylic acids is 4. The average molecular weight is 539 g/mol. The summed E-state index contributed by atoms with van der Waals surface area (Å²) in [7, 11) is 2.80. The largest absolute Gasteiger partial charge is 1.00 e. The fraction of sp³-hybridized carbons (Fsp3) is 0.462. The summed E-state index contributed by atoms with van der Waals surface area (Å²) in [6.45, 7) is 8.11. The number of nitrogens with one attached hydrogen (secondary N) is 3. The van der Waals surface area contributed by atoms with Crippen LogP contribution in [0.1, 0.15) is 37.7 Å². The molecule has 0 saturated carbocycles. The highest BCUT2D eigenvalue weighted by Gasteiger charge is 2.22. The quantitative estimate of drug-likeness (QED) is 0.103. The smallest absolute Gasteiger partial charge is 0.413 e. The van der Waals surface area contributed by atoms with Gasteiger partial charge in [-0.25, -0.2) is 9.59 Å². The molecule has 0 aromatic heterocycles. The van der Waals surface area contributed by atoms with Crippen LogP contribution < -0.4 is 38.4 Å². The summed E-state index contributed by atoms with van der Waals surface area (Å²) in [6, 6.07) is 5.56. The first-order valence-corrected chi connectivity index (χ1v) is 12.0. The molecule has 0 bridgehead atoms. The molecule has 10 nitrogen and oxygen atoms in total. The maximum Gasteiger partial charge on any atom is 0.413 e. The second-order valence-electron chi connectivity index (χ2n) is 8.09.